The third-order valence-corrected chi connectivity index (χ3v) is 4.11. The van der Waals surface area contributed by atoms with Gasteiger partial charge >= 0.3 is 0 Å². The number of methoxy groups -OCH3 is 1. The van der Waals surface area contributed by atoms with Crippen molar-refractivity contribution in [2.45, 2.75) is 31.8 Å². The number of nitrogens with zero attached hydrogens (tertiary/aromatic N) is 2. The zero-order valence-corrected chi connectivity index (χ0v) is 14.1. The molecule has 0 radical (unpaired) electrons. The number of hydrazone groups is 1. The molecule has 6 heteroatoms. The Bertz CT molecular complexity index is 741. The van der Waals surface area contributed by atoms with E-state index in [1.165, 1.54) is 12.8 Å². The molecule has 25 heavy (non-hydrogen) atoms. The van der Waals surface area contributed by atoms with Gasteiger partial charge in [-0.15, -0.1) is 0 Å². The Morgan fingerprint density at radius 3 is 2.68 bits per heavy atom. The van der Waals surface area contributed by atoms with Crippen LogP contribution in [-0.4, -0.2) is 30.3 Å². The van der Waals surface area contributed by atoms with Crippen molar-refractivity contribution in [1.29, 1.82) is 0 Å². The number of carbonyl (C=O) groups excluding carboxylic acids is 1. The van der Waals surface area contributed by atoms with Crippen LogP contribution in [0.5, 0.6) is 11.5 Å². The fourth-order valence-electron chi connectivity index (χ4n) is 2.78. The molecule has 0 saturated heterocycles. The molecule has 1 aliphatic carbocycles. The van der Waals surface area contributed by atoms with Gasteiger partial charge in [0.2, 0.25) is 0 Å². The quantitative estimate of drug-likeness (QED) is 0.648. The fraction of sp³-hybridized carbons (Fsp3) is 0.316. The van der Waals surface area contributed by atoms with Gasteiger partial charge in [-0.3, -0.25) is 9.78 Å². The topological polar surface area (TPSA) is 72.8 Å². The Labute approximate surface area is 146 Å². The van der Waals surface area contributed by atoms with Gasteiger partial charge in [-0.1, -0.05) is 0 Å². The predicted molar refractivity (Wildman–Crippen MR) is 95.2 cm³/mol. The average molecular weight is 339 g/mol. The molecule has 0 spiro atoms. The van der Waals surface area contributed by atoms with Gasteiger partial charge in [-0.2, -0.15) is 5.10 Å². The van der Waals surface area contributed by atoms with Crippen molar-refractivity contribution in [1.82, 2.24) is 10.4 Å². The Kier molecular flexibility index (Phi) is 5.61. The van der Waals surface area contributed by atoms with E-state index in [1.807, 2.05) is 18.2 Å². The number of hydrogen-bond donors (Lipinski definition) is 1. The molecule has 0 bridgehead atoms. The van der Waals surface area contributed by atoms with E-state index >= 15 is 0 Å². The van der Waals surface area contributed by atoms with Gasteiger partial charge in [0.25, 0.3) is 5.91 Å². The molecule has 6 nitrogen and oxygen atoms in total. The highest BCUT2D eigenvalue weighted by molar-refractivity contribution is 5.94. The van der Waals surface area contributed by atoms with E-state index in [9.17, 15) is 4.79 Å². The van der Waals surface area contributed by atoms with Crippen LogP contribution in [0.1, 0.15) is 41.6 Å². The Morgan fingerprint density at radius 2 is 1.96 bits per heavy atom. The van der Waals surface area contributed by atoms with Gasteiger partial charge in [0.15, 0.2) is 11.5 Å². The first-order valence-corrected chi connectivity index (χ1v) is 8.34. The maximum absolute atomic E-state index is 11.9. The summed E-state index contributed by atoms with van der Waals surface area (Å²) in [6, 6.07) is 8.84. The summed E-state index contributed by atoms with van der Waals surface area (Å²) < 4.78 is 11.4. The monoisotopic (exact) mass is 339 g/mol. The Balaban J connectivity index is 1.66. The highest BCUT2D eigenvalue weighted by Gasteiger charge is 2.18. The number of rotatable bonds is 6. The summed E-state index contributed by atoms with van der Waals surface area (Å²) in [7, 11) is 1.62. The smallest absolute Gasteiger partial charge is 0.271 e. The first-order chi connectivity index (χ1) is 12.3. The highest BCUT2D eigenvalue weighted by atomic mass is 16.5. The van der Waals surface area contributed by atoms with Crippen LogP contribution in [0, 0.1) is 0 Å². The molecule has 0 aliphatic heterocycles. The fourth-order valence-corrected chi connectivity index (χ4v) is 2.78. The normalized spacial score (nSPS) is 14.6. The molecule has 1 fully saturated rings. The molecule has 0 atom stereocenters. The Hall–Kier alpha value is -2.89. The zero-order valence-electron chi connectivity index (χ0n) is 14.1. The summed E-state index contributed by atoms with van der Waals surface area (Å²) in [5.41, 5.74) is 3.83. The van der Waals surface area contributed by atoms with Crippen molar-refractivity contribution in [3.05, 3.63) is 53.9 Å². The van der Waals surface area contributed by atoms with Crippen LogP contribution in [0.25, 0.3) is 0 Å². The zero-order chi connectivity index (χ0) is 17.5. The van der Waals surface area contributed by atoms with E-state index in [4.69, 9.17) is 9.47 Å². The number of nitrogens with one attached hydrogen (secondary N) is 1. The molecule has 1 N–H and O–H groups in total. The van der Waals surface area contributed by atoms with E-state index in [-0.39, 0.29) is 12.0 Å². The summed E-state index contributed by atoms with van der Waals surface area (Å²) in [6.45, 7) is 0. The standard InChI is InChI=1S/C19H21N3O3/c1-24-17-7-6-14(12-18(17)25-16-4-2-3-5-16)13-21-22-19(23)15-8-10-20-11-9-15/h6-13,16H,2-5H2,1H3,(H,22,23). The minimum atomic E-state index is -0.283. The van der Waals surface area contributed by atoms with Crippen molar-refractivity contribution in [2.75, 3.05) is 7.11 Å². The molecule has 1 aromatic heterocycles. The number of benzene rings is 1. The summed E-state index contributed by atoms with van der Waals surface area (Å²) >= 11 is 0. The third-order valence-electron chi connectivity index (χ3n) is 4.11. The van der Waals surface area contributed by atoms with Gasteiger partial charge in [0.1, 0.15) is 0 Å². The summed E-state index contributed by atoms with van der Waals surface area (Å²) in [6.07, 6.45) is 9.51. The Morgan fingerprint density at radius 1 is 1.20 bits per heavy atom. The maximum Gasteiger partial charge on any atom is 0.271 e. The lowest BCUT2D eigenvalue weighted by molar-refractivity contribution is 0.0955. The van der Waals surface area contributed by atoms with Crippen molar-refractivity contribution in [2.24, 2.45) is 5.10 Å². The van der Waals surface area contributed by atoms with E-state index in [2.05, 4.69) is 15.5 Å². The van der Waals surface area contributed by atoms with Crippen LogP contribution < -0.4 is 14.9 Å². The number of aromatic nitrogens is 1. The SMILES string of the molecule is COc1ccc(C=NNC(=O)c2ccncc2)cc1OC1CCCC1. The second kappa shape index (κ2) is 8.28. The first-order valence-electron chi connectivity index (χ1n) is 8.34. The molecular formula is C19H21N3O3. The van der Waals surface area contributed by atoms with Crippen LogP contribution in [0.2, 0.25) is 0 Å². The summed E-state index contributed by atoms with van der Waals surface area (Å²) in [5.74, 6) is 1.12. The van der Waals surface area contributed by atoms with E-state index < -0.39 is 0 Å². The molecular weight excluding hydrogens is 318 g/mol. The number of hydrogen-bond acceptors (Lipinski definition) is 5. The molecule has 1 aliphatic rings. The van der Waals surface area contributed by atoms with Gasteiger partial charge in [0, 0.05) is 18.0 Å². The number of ether oxygens (including phenoxy) is 2. The van der Waals surface area contributed by atoms with Crippen LogP contribution in [0.15, 0.2) is 47.8 Å². The average Bonchev–Trinajstić information content (AvgIpc) is 3.16. The highest BCUT2D eigenvalue weighted by Crippen LogP contribution is 2.32. The molecule has 1 heterocycles. The minimum Gasteiger partial charge on any atom is -0.493 e. The molecule has 130 valence electrons. The molecule has 2 aromatic rings. The van der Waals surface area contributed by atoms with Crippen LogP contribution in [0.3, 0.4) is 0 Å². The number of carbonyl (C=O) groups is 1. The number of amides is 1. The summed E-state index contributed by atoms with van der Waals surface area (Å²) in [4.78, 5) is 15.8. The lowest BCUT2D eigenvalue weighted by Crippen LogP contribution is -2.17. The largest absolute Gasteiger partial charge is 0.493 e. The van der Waals surface area contributed by atoms with Crippen LogP contribution in [0.4, 0.5) is 0 Å². The van der Waals surface area contributed by atoms with Crippen molar-refractivity contribution in [3.8, 4) is 11.5 Å². The minimum absolute atomic E-state index is 0.243. The van der Waals surface area contributed by atoms with E-state index in [0.29, 0.717) is 17.1 Å². The molecule has 1 amide bonds. The van der Waals surface area contributed by atoms with Crippen LogP contribution >= 0.6 is 0 Å². The van der Waals surface area contributed by atoms with Crippen molar-refractivity contribution >= 4 is 12.1 Å². The second-order valence-corrected chi connectivity index (χ2v) is 5.87. The first kappa shape index (κ1) is 17.0. The molecule has 1 aromatic carbocycles. The third kappa shape index (κ3) is 4.56. The lowest BCUT2D eigenvalue weighted by atomic mass is 10.2. The van der Waals surface area contributed by atoms with Crippen molar-refractivity contribution in [3.63, 3.8) is 0 Å². The predicted octanol–water partition coefficient (Wildman–Crippen LogP) is 3.18. The van der Waals surface area contributed by atoms with Gasteiger partial charge in [-0.25, -0.2) is 5.43 Å². The van der Waals surface area contributed by atoms with Crippen LogP contribution in [-0.2, 0) is 0 Å². The molecule has 3 rings (SSSR count). The molecule has 1 saturated carbocycles. The van der Waals surface area contributed by atoms with E-state index in [1.54, 1.807) is 37.9 Å². The van der Waals surface area contributed by atoms with Crippen molar-refractivity contribution < 1.29 is 14.3 Å². The van der Waals surface area contributed by atoms with Gasteiger partial charge < -0.3 is 9.47 Å². The van der Waals surface area contributed by atoms with E-state index in [0.717, 1.165) is 18.4 Å². The lowest BCUT2D eigenvalue weighted by Gasteiger charge is -2.16. The number of pyridine rings is 1. The van der Waals surface area contributed by atoms with Gasteiger partial charge in [0.05, 0.1) is 19.4 Å². The molecule has 0 unspecified atom stereocenters. The summed E-state index contributed by atoms with van der Waals surface area (Å²) in [5, 5.41) is 4.01. The maximum atomic E-state index is 11.9. The van der Waals surface area contributed by atoms with Gasteiger partial charge in [-0.05, 0) is 61.6 Å². The second-order valence-electron chi connectivity index (χ2n) is 5.87.